The standard InChI is InChI=1S/C23H22ClN2O6PS2/c1-23(2,3)32-22(28)26-21-25-16-8-12(4-6-19(16)35-21)9-17(27)20(33(29,30)31)15-11-34-18-7-5-13(24)10-14(15)18/h4-8,10-11,20H,9H2,1-3H3,(H,25,26,28)(H2,29,30,31). The highest BCUT2D eigenvalue weighted by molar-refractivity contribution is 7.53. The number of thiazole rings is 1. The third kappa shape index (κ3) is 6.09. The van der Waals surface area contributed by atoms with E-state index in [0.29, 0.717) is 26.6 Å². The highest BCUT2D eigenvalue weighted by Crippen LogP contribution is 2.55. The lowest BCUT2D eigenvalue weighted by Crippen LogP contribution is -2.27. The maximum atomic E-state index is 13.2. The number of thiophene rings is 1. The molecule has 0 spiro atoms. The number of carbonyl (C=O) groups is 2. The molecule has 2 aromatic heterocycles. The first-order valence-electron chi connectivity index (χ1n) is 10.4. The molecule has 0 saturated carbocycles. The van der Waals surface area contributed by atoms with E-state index < -0.39 is 30.7 Å². The van der Waals surface area contributed by atoms with Crippen molar-refractivity contribution in [2.24, 2.45) is 0 Å². The van der Waals surface area contributed by atoms with Gasteiger partial charge in [-0.3, -0.25) is 14.7 Å². The lowest BCUT2D eigenvalue weighted by Gasteiger charge is -2.18. The van der Waals surface area contributed by atoms with Gasteiger partial charge in [0, 0.05) is 16.1 Å². The second-order valence-electron chi connectivity index (χ2n) is 8.91. The van der Waals surface area contributed by atoms with Gasteiger partial charge in [-0.1, -0.05) is 29.0 Å². The molecule has 0 aliphatic rings. The van der Waals surface area contributed by atoms with Gasteiger partial charge < -0.3 is 14.5 Å². The molecular formula is C23H22ClN2O6PS2. The Hall–Kier alpha value is -2.33. The van der Waals surface area contributed by atoms with E-state index in [1.165, 1.54) is 22.7 Å². The molecule has 0 fully saturated rings. The molecule has 35 heavy (non-hydrogen) atoms. The first kappa shape index (κ1) is 25.8. The maximum absolute atomic E-state index is 13.2. The molecule has 2 aromatic carbocycles. The summed E-state index contributed by atoms with van der Waals surface area (Å²) in [4.78, 5) is 49.7. The minimum absolute atomic E-state index is 0.198. The van der Waals surface area contributed by atoms with Crippen LogP contribution in [-0.2, 0) is 20.5 Å². The Kier molecular flexibility index (Phi) is 7.07. The number of hydrogen-bond donors (Lipinski definition) is 3. The van der Waals surface area contributed by atoms with Gasteiger partial charge in [0.25, 0.3) is 0 Å². The molecule has 8 nitrogen and oxygen atoms in total. The van der Waals surface area contributed by atoms with Crippen LogP contribution >= 0.6 is 41.9 Å². The lowest BCUT2D eigenvalue weighted by molar-refractivity contribution is -0.118. The number of nitrogens with zero attached hydrogens (tertiary/aromatic N) is 1. The van der Waals surface area contributed by atoms with Crippen molar-refractivity contribution in [3.8, 4) is 0 Å². The van der Waals surface area contributed by atoms with Crippen molar-refractivity contribution in [2.45, 2.75) is 38.5 Å². The van der Waals surface area contributed by atoms with Crippen molar-refractivity contribution < 1.29 is 28.7 Å². The number of ether oxygens (including phenoxy) is 1. The minimum atomic E-state index is -4.82. The largest absolute Gasteiger partial charge is 0.444 e. The summed E-state index contributed by atoms with van der Waals surface area (Å²) in [6.07, 6.45) is -0.824. The summed E-state index contributed by atoms with van der Waals surface area (Å²) in [5.74, 6) is -0.611. The van der Waals surface area contributed by atoms with E-state index in [0.717, 1.165) is 9.40 Å². The summed E-state index contributed by atoms with van der Waals surface area (Å²) in [7, 11) is -4.82. The molecule has 0 saturated heterocycles. The van der Waals surface area contributed by atoms with E-state index in [1.54, 1.807) is 62.5 Å². The maximum Gasteiger partial charge on any atom is 0.413 e. The highest BCUT2D eigenvalue weighted by Gasteiger charge is 2.38. The number of aromatic nitrogens is 1. The number of anilines is 1. The number of fused-ring (bicyclic) bond motifs is 2. The van der Waals surface area contributed by atoms with Crippen LogP contribution in [0.25, 0.3) is 20.3 Å². The molecule has 12 heteroatoms. The van der Waals surface area contributed by atoms with Gasteiger partial charge in [-0.2, -0.15) is 0 Å². The molecule has 184 valence electrons. The molecule has 4 aromatic rings. The number of halogens is 1. The molecular weight excluding hydrogens is 531 g/mol. The van der Waals surface area contributed by atoms with Gasteiger partial charge in [0.1, 0.15) is 11.3 Å². The number of ketones is 1. The molecule has 3 N–H and O–H groups in total. The number of rotatable bonds is 6. The molecule has 1 unspecified atom stereocenters. The Morgan fingerprint density at radius 2 is 1.89 bits per heavy atom. The van der Waals surface area contributed by atoms with Crippen molar-refractivity contribution in [3.63, 3.8) is 0 Å². The summed E-state index contributed by atoms with van der Waals surface area (Å²) < 4.78 is 19.2. The zero-order valence-electron chi connectivity index (χ0n) is 18.9. The van der Waals surface area contributed by atoms with Crippen LogP contribution in [-0.4, -0.2) is 32.2 Å². The smallest absolute Gasteiger partial charge is 0.413 e. The Morgan fingerprint density at radius 1 is 1.17 bits per heavy atom. The van der Waals surface area contributed by atoms with Crippen molar-refractivity contribution in [3.05, 3.63) is 57.9 Å². The van der Waals surface area contributed by atoms with Gasteiger partial charge in [-0.05, 0) is 73.0 Å². The van der Waals surface area contributed by atoms with Gasteiger partial charge in [0.05, 0.1) is 10.2 Å². The third-order valence-electron chi connectivity index (χ3n) is 4.94. The van der Waals surface area contributed by atoms with Crippen molar-refractivity contribution in [1.82, 2.24) is 4.98 Å². The van der Waals surface area contributed by atoms with Crippen LogP contribution in [0.5, 0.6) is 0 Å². The summed E-state index contributed by atoms with van der Waals surface area (Å²) in [6.45, 7) is 5.27. The minimum Gasteiger partial charge on any atom is -0.444 e. The molecule has 0 aliphatic heterocycles. The van der Waals surface area contributed by atoms with Crippen LogP contribution in [0.3, 0.4) is 0 Å². The predicted molar refractivity (Wildman–Crippen MR) is 140 cm³/mol. The molecule has 4 rings (SSSR count). The quantitative estimate of drug-likeness (QED) is 0.232. The van der Waals surface area contributed by atoms with E-state index in [4.69, 9.17) is 16.3 Å². The molecule has 0 aliphatic carbocycles. The van der Waals surface area contributed by atoms with Gasteiger partial charge in [-0.25, -0.2) is 9.78 Å². The van der Waals surface area contributed by atoms with Gasteiger partial charge >= 0.3 is 13.7 Å². The van der Waals surface area contributed by atoms with Gasteiger partial charge in [0.2, 0.25) is 0 Å². The van der Waals surface area contributed by atoms with Crippen LogP contribution in [0.4, 0.5) is 9.93 Å². The zero-order valence-corrected chi connectivity index (χ0v) is 22.2. The first-order valence-corrected chi connectivity index (χ1v) is 14.2. The lowest BCUT2D eigenvalue weighted by atomic mass is 10.0. The number of Topliss-reactive ketones (excluding diaryl/α,β-unsaturated/α-hetero) is 1. The zero-order chi connectivity index (χ0) is 25.5. The topological polar surface area (TPSA) is 126 Å². The monoisotopic (exact) mass is 552 g/mol. The number of carbonyl (C=O) groups excluding carboxylic acids is 2. The van der Waals surface area contributed by atoms with Crippen molar-refractivity contribution >= 4 is 79.2 Å². The fourth-order valence-corrected chi connectivity index (χ4v) is 6.71. The molecule has 1 atom stereocenters. The number of hydrogen-bond acceptors (Lipinski definition) is 7. The number of amides is 1. The number of nitrogens with one attached hydrogen (secondary N) is 1. The average molecular weight is 553 g/mol. The van der Waals surface area contributed by atoms with Crippen LogP contribution < -0.4 is 5.32 Å². The van der Waals surface area contributed by atoms with Crippen LogP contribution in [0.2, 0.25) is 5.02 Å². The molecule has 2 heterocycles. The predicted octanol–water partition coefficient (Wildman–Crippen LogP) is 6.54. The van der Waals surface area contributed by atoms with Crippen LogP contribution in [0.15, 0.2) is 41.8 Å². The second kappa shape index (κ2) is 9.61. The van der Waals surface area contributed by atoms with Gasteiger partial charge in [-0.15, -0.1) is 11.3 Å². The summed E-state index contributed by atoms with van der Waals surface area (Å²) >= 11 is 8.62. The van der Waals surface area contributed by atoms with E-state index in [9.17, 15) is 23.9 Å². The Labute approximate surface area is 214 Å². The third-order valence-corrected chi connectivity index (χ3v) is 8.35. The van der Waals surface area contributed by atoms with Crippen molar-refractivity contribution in [1.29, 1.82) is 0 Å². The fourth-order valence-electron chi connectivity index (χ4n) is 3.60. The summed E-state index contributed by atoms with van der Waals surface area (Å²) in [5, 5.41) is 5.50. The van der Waals surface area contributed by atoms with E-state index in [2.05, 4.69) is 10.3 Å². The van der Waals surface area contributed by atoms with E-state index >= 15 is 0 Å². The van der Waals surface area contributed by atoms with E-state index in [1.807, 2.05) is 0 Å². The second-order valence-corrected chi connectivity index (χ2v) is 13.0. The highest BCUT2D eigenvalue weighted by atomic mass is 35.5. The van der Waals surface area contributed by atoms with Crippen molar-refractivity contribution in [2.75, 3.05) is 5.32 Å². The van der Waals surface area contributed by atoms with Crippen LogP contribution in [0, 0.1) is 0 Å². The Morgan fingerprint density at radius 3 is 2.57 bits per heavy atom. The molecule has 0 bridgehead atoms. The first-order chi connectivity index (χ1) is 16.3. The normalized spacial score (nSPS) is 13.2. The Balaban J connectivity index is 1.59. The summed E-state index contributed by atoms with van der Waals surface area (Å²) in [6, 6.07) is 10.2. The molecule has 1 amide bonds. The Bertz CT molecular complexity index is 1490. The van der Waals surface area contributed by atoms with Crippen LogP contribution in [0.1, 0.15) is 37.6 Å². The average Bonchev–Trinajstić information content (AvgIpc) is 3.28. The fraction of sp³-hybridized carbons (Fsp3) is 0.261. The molecule has 0 radical (unpaired) electrons. The van der Waals surface area contributed by atoms with Gasteiger partial charge in [0.15, 0.2) is 10.9 Å². The summed E-state index contributed by atoms with van der Waals surface area (Å²) in [5.41, 5.74) is -0.892. The van der Waals surface area contributed by atoms with E-state index in [-0.39, 0.29) is 12.0 Å². The SMILES string of the molecule is CC(C)(C)OC(=O)Nc1nc2cc(CC(=O)C(c3csc4ccc(Cl)cc34)P(=O)(O)O)ccc2s1. The number of benzene rings is 2.